The lowest BCUT2D eigenvalue weighted by atomic mass is 10.0. The molecule has 3 N–H and O–H groups in total. The Morgan fingerprint density at radius 1 is 1.19 bits per heavy atom. The minimum atomic E-state index is -0.761. The van der Waals surface area contributed by atoms with Crippen LogP contribution in [0.15, 0.2) is 29.5 Å². The van der Waals surface area contributed by atoms with Gasteiger partial charge in [-0.2, -0.15) is 0 Å². The highest BCUT2D eigenvalue weighted by Gasteiger charge is 2.32. The van der Waals surface area contributed by atoms with E-state index in [1.807, 2.05) is 6.92 Å². The van der Waals surface area contributed by atoms with Crippen molar-refractivity contribution in [2.45, 2.75) is 33.2 Å². The Hall–Kier alpha value is -3.03. The number of carbonyl (C=O) groups excluding carboxylic acids is 3. The molecule has 1 aromatic carbocycles. The van der Waals surface area contributed by atoms with E-state index in [1.54, 1.807) is 26.0 Å². The van der Waals surface area contributed by atoms with Crippen LogP contribution in [-0.4, -0.2) is 42.3 Å². The molecule has 0 spiro atoms. The number of esters is 2. The molecule has 0 bridgehead atoms. The van der Waals surface area contributed by atoms with Crippen LogP contribution in [-0.2, 0) is 14.3 Å². The van der Waals surface area contributed by atoms with Gasteiger partial charge in [-0.05, 0) is 31.9 Å². The molecule has 2 amide bonds. The summed E-state index contributed by atoms with van der Waals surface area (Å²) < 4.78 is 10.2. The minimum absolute atomic E-state index is 0.00980. The maximum absolute atomic E-state index is 12.2. The fourth-order valence-corrected chi connectivity index (χ4v) is 2.61. The van der Waals surface area contributed by atoms with Gasteiger partial charge < -0.3 is 25.2 Å². The summed E-state index contributed by atoms with van der Waals surface area (Å²) in [6.07, 6.45) is 0.470. The van der Waals surface area contributed by atoms with Gasteiger partial charge in [-0.25, -0.2) is 14.4 Å². The Balaban J connectivity index is 2.25. The molecule has 1 aromatic rings. The Bertz CT molecular complexity index is 756. The molecule has 0 unspecified atom stereocenters. The minimum Gasteiger partial charge on any atom is -0.507 e. The number of phenolic OH excluding ortho intramolecular Hbond substituents is 1. The average Bonchev–Trinajstić information content (AvgIpc) is 2.61. The van der Waals surface area contributed by atoms with Crippen LogP contribution < -0.4 is 10.6 Å². The van der Waals surface area contributed by atoms with Crippen molar-refractivity contribution in [3.8, 4) is 5.75 Å². The molecule has 0 saturated carbocycles. The van der Waals surface area contributed by atoms with Gasteiger partial charge in [0.25, 0.3) is 0 Å². The Kier molecular flexibility index (Phi) is 6.21. The SMILES string of the molecule is CCOC(=O)C1=C(COC(=O)c2cccc(C)c2O)NC(=O)N[C@@H]1CC. The molecular formula is C18H22N2O6. The number of nitrogens with one attached hydrogen (secondary N) is 2. The second-order valence-corrected chi connectivity index (χ2v) is 5.72. The van der Waals surface area contributed by atoms with Crippen molar-refractivity contribution in [1.82, 2.24) is 10.6 Å². The summed E-state index contributed by atoms with van der Waals surface area (Å²) >= 11 is 0. The summed E-state index contributed by atoms with van der Waals surface area (Å²) in [6.45, 7) is 4.99. The first-order chi connectivity index (χ1) is 12.4. The van der Waals surface area contributed by atoms with E-state index in [9.17, 15) is 19.5 Å². The third-order valence-corrected chi connectivity index (χ3v) is 3.95. The van der Waals surface area contributed by atoms with Crippen LogP contribution in [0.25, 0.3) is 0 Å². The van der Waals surface area contributed by atoms with Crippen LogP contribution in [0.3, 0.4) is 0 Å². The van der Waals surface area contributed by atoms with Crippen LogP contribution in [0.4, 0.5) is 4.79 Å². The number of benzene rings is 1. The van der Waals surface area contributed by atoms with Crippen molar-refractivity contribution in [2.24, 2.45) is 0 Å². The number of hydrogen-bond donors (Lipinski definition) is 3. The highest BCUT2D eigenvalue weighted by molar-refractivity contribution is 5.95. The van der Waals surface area contributed by atoms with Gasteiger partial charge in [0.15, 0.2) is 0 Å². The van der Waals surface area contributed by atoms with E-state index >= 15 is 0 Å². The first-order valence-corrected chi connectivity index (χ1v) is 8.32. The number of aryl methyl sites for hydroxylation is 1. The molecule has 0 radical (unpaired) electrons. The number of para-hydroxylation sites is 1. The van der Waals surface area contributed by atoms with Gasteiger partial charge in [0, 0.05) is 0 Å². The van der Waals surface area contributed by atoms with Crippen molar-refractivity contribution < 1.29 is 29.0 Å². The average molecular weight is 362 g/mol. The molecule has 1 aliphatic rings. The van der Waals surface area contributed by atoms with Gasteiger partial charge in [-0.15, -0.1) is 0 Å². The second kappa shape index (κ2) is 8.37. The van der Waals surface area contributed by atoms with E-state index < -0.39 is 24.0 Å². The van der Waals surface area contributed by atoms with Crippen molar-refractivity contribution in [3.63, 3.8) is 0 Å². The van der Waals surface area contributed by atoms with E-state index in [0.29, 0.717) is 12.0 Å². The van der Waals surface area contributed by atoms with Gasteiger partial charge in [-0.3, -0.25) is 0 Å². The Morgan fingerprint density at radius 3 is 2.58 bits per heavy atom. The molecule has 8 nitrogen and oxygen atoms in total. The third kappa shape index (κ3) is 4.14. The van der Waals surface area contributed by atoms with E-state index in [2.05, 4.69) is 10.6 Å². The van der Waals surface area contributed by atoms with E-state index in [0.717, 1.165) is 0 Å². The van der Waals surface area contributed by atoms with Gasteiger partial charge in [-0.1, -0.05) is 19.1 Å². The number of ether oxygens (including phenoxy) is 2. The number of rotatable bonds is 6. The van der Waals surface area contributed by atoms with E-state index in [-0.39, 0.29) is 35.8 Å². The van der Waals surface area contributed by atoms with Crippen LogP contribution in [0.5, 0.6) is 5.75 Å². The number of hydrogen-bond acceptors (Lipinski definition) is 6. The van der Waals surface area contributed by atoms with Crippen molar-refractivity contribution >= 4 is 18.0 Å². The number of amides is 2. The summed E-state index contributed by atoms with van der Waals surface area (Å²) in [5.41, 5.74) is 0.928. The lowest BCUT2D eigenvalue weighted by molar-refractivity contribution is -0.139. The van der Waals surface area contributed by atoms with Crippen LogP contribution in [0.2, 0.25) is 0 Å². The lowest BCUT2D eigenvalue weighted by Crippen LogP contribution is -2.51. The fraction of sp³-hybridized carbons (Fsp3) is 0.389. The normalized spacial score (nSPS) is 16.6. The topological polar surface area (TPSA) is 114 Å². The van der Waals surface area contributed by atoms with Gasteiger partial charge in [0.05, 0.1) is 23.9 Å². The zero-order chi connectivity index (χ0) is 19.3. The molecule has 1 atom stereocenters. The molecule has 0 aromatic heterocycles. The first-order valence-electron chi connectivity index (χ1n) is 8.32. The Morgan fingerprint density at radius 2 is 1.92 bits per heavy atom. The molecule has 26 heavy (non-hydrogen) atoms. The maximum Gasteiger partial charge on any atom is 0.342 e. The molecule has 2 rings (SSSR count). The molecule has 8 heteroatoms. The van der Waals surface area contributed by atoms with E-state index in [1.165, 1.54) is 6.07 Å². The van der Waals surface area contributed by atoms with Crippen LogP contribution >= 0.6 is 0 Å². The molecular weight excluding hydrogens is 340 g/mol. The smallest absolute Gasteiger partial charge is 0.342 e. The quantitative estimate of drug-likeness (QED) is 0.665. The molecule has 1 aliphatic heterocycles. The predicted molar refractivity (Wildman–Crippen MR) is 92.5 cm³/mol. The zero-order valence-electron chi connectivity index (χ0n) is 14.9. The predicted octanol–water partition coefficient (Wildman–Crippen LogP) is 1.77. The van der Waals surface area contributed by atoms with E-state index in [4.69, 9.17) is 9.47 Å². The summed E-state index contributed by atoms with van der Waals surface area (Å²) in [4.78, 5) is 36.3. The van der Waals surface area contributed by atoms with Crippen LogP contribution in [0, 0.1) is 6.92 Å². The Labute approximate surface area is 151 Å². The summed E-state index contributed by atoms with van der Waals surface area (Å²) in [5.74, 6) is -1.52. The summed E-state index contributed by atoms with van der Waals surface area (Å²) in [7, 11) is 0. The molecule has 1 heterocycles. The molecule has 0 aliphatic carbocycles. The lowest BCUT2D eigenvalue weighted by Gasteiger charge is -2.28. The monoisotopic (exact) mass is 362 g/mol. The van der Waals surface area contributed by atoms with Crippen LogP contribution in [0.1, 0.15) is 36.2 Å². The van der Waals surface area contributed by atoms with Crippen molar-refractivity contribution in [1.29, 1.82) is 0 Å². The third-order valence-electron chi connectivity index (χ3n) is 3.95. The second-order valence-electron chi connectivity index (χ2n) is 5.72. The van der Waals surface area contributed by atoms with Gasteiger partial charge in [0.2, 0.25) is 0 Å². The van der Waals surface area contributed by atoms with Crippen molar-refractivity contribution in [2.75, 3.05) is 13.2 Å². The summed E-state index contributed by atoms with van der Waals surface area (Å²) in [5, 5.41) is 15.1. The number of aromatic hydroxyl groups is 1. The largest absolute Gasteiger partial charge is 0.507 e. The number of phenols is 1. The number of urea groups is 1. The highest BCUT2D eigenvalue weighted by atomic mass is 16.5. The van der Waals surface area contributed by atoms with Gasteiger partial charge >= 0.3 is 18.0 Å². The first kappa shape index (κ1) is 19.3. The number of carbonyl (C=O) groups is 3. The molecule has 0 saturated heterocycles. The fourth-order valence-electron chi connectivity index (χ4n) is 2.61. The molecule has 0 fully saturated rings. The molecule has 140 valence electrons. The standard InChI is InChI=1S/C18H22N2O6/c1-4-12-14(17(23)25-5-2)13(20-18(24)19-12)9-26-16(22)11-8-6-7-10(3)15(11)21/h6-8,12,21H,4-5,9H2,1-3H3,(H2,19,20,24)/t12-/m1/s1. The van der Waals surface area contributed by atoms with Crippen molar-refractivity contribution in [3.05, 3.63) is 40.6 Å². The highest BCUT2D eigenvalue weighted by Crippen LogP contribution is 2.23. The van der Waals surface area contributed by atoms with Gasteiger partial charge in [0.1, 0.15) is 17.9 Å². The zero-order valence-corrected chi connectivity index (χ0v) is 14.9. The summed E-state index contributed by atoms with van der Waals surface area (Å²) in [6, 6.07) is 3.68. The maximum atomic E-state index is 12.2.